The van der Waals surface area contributed by atoms with Crippen LogP contribution in [-0.4, -0.2) is 57.7 Å². The van der Waals surface area contributed by atoms with Gasteiger partial charge in [-0.1, -0.05) is 6.08 Å². The molecule has 7 nitrogen and oxygen atoms in total. The van der Waals surface area contributed by atoms with Gasteiger partial charge in [-0.3, -0.25) is 9.59 Å². The summed E-state index contributed by atoms with van der Waals surface area (Å²) in [7, 11) is 4.54. The van der Waals surface area contributed by atoms with Gasteiger partial charge in [0.25, 0.3) is 5.91 Å². The highest BCUT2D eigenvalue weighted by atomic mass is 16.5. The average Bonchev–Trinajstić information content (AvgIpc) is 2.70. The minimum Gasteiger partial charge on any atom is -0.493 e. The molecule has 0 bridgehead atoms. The highest BCUT2D eigenvalue weighted by molar-refractivity contribution is 5.96. The fourth-order valence-electron chi connectivity index (χ4n) is 3.05. The van der Waals surface area contributed by atoms with Gasteiger partial charge in [0.05, 0.1) is 21.3 Å². The van der Waals surface area contributed by atoms with Gasteiger partial charge in [-0.15, -0.1) is 6.58 Å². The number of likely N-dealkylation sites (tertiary alicyclic amines) is 1. The smallest absolute Gasteiger partial charge is 0.254 e. The van der Waals surface area contributed by atoms with Crippen LogP contribution in [0.1, 0.15) is 23.2 Å². The number of amides is 2. The predicted octanol–water partition coefficient (Wildman–Crippen LogP) is 1.87. The van der Waals surface area contributed by atoms with Crippen LogP contribution in [0.2, 0.25) is 0 Å². The molecule has 1 aromatic carbocycles. The molecular weight excluding hydrogens is 336 g/mol. The van der Waals surface area contributed by atoms with Crippen molar-refractivity contribution in [3.63, 3.8) is 0 Å². The summed E-state index contributed by atoms with van der Waals surface area (Å²) >= 11 is 0. The van der Waals surface area contributed by atoms with Crippen molar-refractivity contribution in [3.8, 4) is 17.2 Å². The quantitative estimate of drug-likeness (QED) is 0.750. The summed E-state index contributed by atoms with van der Waals surface area (Å²) in [6.45, 7) is 5.11. The van der Waals surface area contributed by atoms with Crippen molar-refractivity contribution in [1.82, 2.24) is 10.2 Å². The number of carbonyl (C=O) groups excluding carboxylic acids is 2. The minimum atomic E-state index is -0.116. The molecule has 1 saturated heterocycles. The van der Waals surface area contributed by atoms with Crippen LogP contribution in [-0.2, 0) is 4.79 Å². The van der Waals surface area contributed by atoms with Gasteiger partial charge >= 0.3 is 0 Å². The van der Waals surface area contributed by atoms with E-state index < -0.39 is 0 Å². The molecule has 0 aromatic heterocycles. The number of hydrogen-bond acceptors (Lipinski definition) is 5. The van der Waals surface area contributed by atoms with Gasteiger partial charge in [0.2, 0.25) is 11.7 Å². The number of benzene rings is 1. The molecule has 1 aliphatic heterocycles. The maximum absolute atomic E-state index is 12.8. The molecule has 26 heavy (non-hydrogen) atoms. The summed E-state index contributed by atoms with van der Waals surface area (Å²) in [5.74, 6) is 1.16. The van der Waals surface area contributed by atoms with Gasteiger partial charge in [0.15, 0.2) is 11.5 Å². The summed E-state index contributed by atoms with van der Waals surface area (Å²) in [5, 5.41) is 2.81. The Morgan fingerprint density at radius 1 is 1.15 bits per heavy atom. The predicted molar refractivity (Wildman–Crippen MR) is 97.9 cm³/mol. The topological polar surface area (TPSA) is 77.1 Å². The maximum atomic E-state index is 12.8. The third kappa shape index (κ3) is 4.28. The molecule has 1 N–H and O–H groups in total. The summed E-state index contributed by atoms with van der Waals surface area (Å²) in [6, 6.07) is 3.29. The summed E-state index contributed by atoms with van der Waals surface area (Å²) < 4.78 is 15.9. The van der Waals surface area contributed by atoms with Crippen LogP contribution in [0.3, 0.4) is 0 Å². The van der Waals surface area contributed by atoms with E-state index in [2.05, 4.69) is 11.9 Å². The van der Waals surface area contributed by atoms with Gasteiger partial charge in [-0.25, -0.2) is 0 Å². The molecule has 2 amide bonds. The Balaban J connectivity index is 2.08. The molecule has 0 radical (unpaired) electrons. The van der Waals surface area contributed by atoms with Gasteiger partial charge < -0.3 is 24.4 Å². The van der Waals surface area contributed by atoms with Crippen molar-refractivity contribution >= 4 is 11.8 Å². The van der Waals surface area contributed by atoms with Crippen LogP contribution in [0.15, 0.2) is 24.8 Å². The van der Waals surface area contributed by atoms with E-state index >= 15 is 0 Å². The van der Waals surface area contributed by atoms with Crippen LogP contribution >= 0.6 is 0 Å². The number of rotatable bonds is 7. The molecule has 2 rings (SSSR count). The lowest BCUT2D eigenvalue weighted by Gasteiger charge is -2.31. The largest absolute Gasteiger partial charge is 0.493 e. The lowest BCUT2D eigenvalue weighted by Crippen LogP contribution is -2.43. The normalized spacial score (nSPS) is 14.5. The molecule has 0 unspecified atom stereocenters. The van der Waals surface area contributed by atoms with Crippen LogP contribution in [0.25, 0.3) is 0 Å². The molecule has 1 fully saturated rings. The molecule has 0 aliphatic carbocycles. The van der Waals surface area contributed by atoms with Crippen LogP contribution in [0.5, 0.6) is 17.2 Å². The first kappa shape index (κ1) is 19.6. The first-order chi connectivity index (χ1) is 12.5. The lowest BCUT2D eigenvalue weighted by atomic mass is 9.95. The van der Waals surface area contributed by atoms with Gasteiger partial charge in [-0.2, -0.15) is 0 Å². The molecule has 1 aromatic rings. The van der Waals surface area contributed by atoms with Crippen molar-refractivity contribution in [2.45, 2.75) is 12.8 Å². The number of ether oxygens (including phenoxy) is 3. The Bertz CT molecular complexity index is 641. The Morgan fingerprint density at radius 3 is 2.19 bits per heavy atom. The zero-order chi connectivity index (χ0) is 19.1. The van der Waals surface area contributed by atoms with Crippen LogP contribution < -0.4 is 19.5 Å². The van der Waals surface area contributed by atoms with Gasteiger partial charge in [-0.05, 0) is 25.0 Å². The van der Waals surface area contributed by atoms with Crippen LogP contribution in [0.4, 0.5) is 0 Å². The van der Waals surface area contributed by atoms with Crippen LogP contribution in [0, 0.1) is 5.92 Å². The summed E-state index contributed by atoms with van der Waals surface area (Å²) in [5.41, 5.74) is 0.467. The van der Waals surface area contributed by atoms with E-state index in [4.69, 9.17) is 14.2 Å². The first-order valence-corrected chi connectivity index (χ1v) is 8.53. The zero-order valence-corrected chi connectivity index (χ0v) is 15.5. The standard InChI is InChI=1S/C19H26N2O5/c1-5-8-20-18(22)13-6-9-21(10-7-13)19(23)14-11-15(24-2)17(26-4)16(12-14)25-3/h5,11-13H,1,6-10H2,2-4H3,(H,20,22). The van der Waals surface area contributed by atoms with Crippen molar-refractivity contribution < 1.29 is 23.8 Å². The maximum Gasteiger partial charge on any atom is 0.254 e. The Morgan fingerprint density at radius 2 is 1.73 bits per heavy atom. The number of hydrogen-bond donors (Lipinski definition) is 1. The van der Waals surface area contributed by atoms with Crippen molar-refractivity contribution in [2.75, 3.05) is 41.0 Å². The molecule has 1 aliphatic rings. The Kier molecular flexibility index (Phi) is 6.89. The first-order valence-electron chi connectivity index (χ1n) is 8.53. The SMILES string of the molecule is C=CCNC(=O)C1CCN(C(=O)c2cc(OC)c(OC)c(OC)c2)CC1. The molecule has 0 atom stereocenters. The highest BCUT2D eigenvalue weighted by Gasteiger charge is 2.28. The second-order valence-electron chi connectivity index (χ2n) is 6.01. The zero-order valence-electron chi connectivity index (χ0n) is 15.5. The molecule has 7 heteroatoms. The molecule has 0 saturated carbocycles. The lowest BCUT2D eigenvalue weighted by molar-refractivity contribution is -0.126. The van der Waals surface area contributed by atoms with E-state index in [0.29, 0.717) is 55.3 Å². The van der Waals surface area contributed by atoms with Gasteiger partial charge in [0, 0.05) is 31.1 Å². The van der Waals surface area contributed by atoms with E-state index in [0.717, 1.165) is 0 Å². The van der Waals surface area contributed by atoms with E-state index in [1.165, 1.54) is 21.3 Å². The number of nitrogens with zero attached hydrogens (tertiary/aromatic N) is 1. The minimum absolute atomic E-state index is 0.0183. The van der Waals surface area contributed by atoms with Crippen molar-refractivity contribution in [1.29, 1.82) is 0 Å². The third-order valence-corrected chi connectivity index (χ3v) is 4.49. The highest BCUT2D eigenvalue weighted by Crippen LogP contribution is 2.38. The molecule has 0 spiro atoms. The summed E-state index contributed by atoms with van der Waals surface area (Å²) in [4.78, 5) is 26.6. The Labute approximate surface area is 153 Å². The van der Waals surface area contributed by atoms with E-state index in [9.17, 15) is 9.59 Å². The second-order valence-corrected chi connectivity index (χ2v) is 6.01. The second kappa shape index (κ2) is 9.12. The monoisotopic (exact) mass is 362 g/mol. The number of nitrogens with one attached hydrogen (secondary N) is 1. The average molecular weight is 362 g/mol. The number of methoxy groups -OCH3 is 3. The number of carbonyl (C=O) groups is 2. The molecular formula is C19H26N2O5. The van der Waals surface area contributed by atoms with Crippen molar-refractivity contribution in [3.05, 3.63) is 30.4 Å². The molecule has 142 valence electrons. The fraction of sp³-hybridized carbons (Fsp3) is 0.474. The van der Waals surface area contributed by atoms with E-state index in [-0.39, 0.29) is 17.7 Å². The van der Waals surface area contributed by atoms with E-state index in [1.54, 1.807) is 23.1 Å². The fourth-order valence-corrected chi connectivity index (χ4v) is 3.05. The van der Waals surface area contributed by atoms with E-state index in [1.807, 2.05) is 0 Å². The van der Waals surface area contributed by atoms with Gasteiger partial charge in [0.1, 0.15) is 0 Å². The van der Waals surface area contributed by atoms with Crippen molar-refractivity contribution in [2.24, 2.45) is 5.92 Å². The summed E-state index contributed by atoms with van der Waals surface area (Å²) in [6.07, 6.45) is 2.93. The molecule has 1 heterocycles. The number of piperidine rings is 1. The Hall–Kier alpha value is -2.70. The third-order valence-electron chi connectivity index (χ3n) is 4.49.